The molecule has 2 heterocycles. The van der Waals surface area contributed by atoms with E-state index in [1.807, 2.05) is 18.7 Å². The molecule has 0 saturated heterocycles. The Hall–Kier alpha value is -2.39. The molecule has 24 heavy (non-hydrogen) atoms. The molecule has 3 heteroatoms. The predicted octanol–water partition coefficient (Wildman–Crippen LogP) is 4.18. The van der Waals surface area contributed by atoms with Gasteiger partial charge in [-0.2, -0.15) is 0 Å². The molecule has 0 fully saturated rings. The Morgan fingerprint density at radius 2 is 1.88 bits per heavy atom. The Bertz CT molecular complexity index is 783. The van der Waals surface area contributed by atoms with Crippen molar-refractivity contribution in [2.24, 2.45) is 0 Å². The van der Waals surface area contributed by atoms with Gasteiger partial charge in [-0.05, 0) is 29.5 Å². The van der Waals surface area contributed by atoms with E-state index in [1.165, 1.54) is 16.7 Å². The normalized spacial score (nSPS) is 19.8. The van der Waals surface area contributed by atoms with Gasteiger partial charge in [0.15, 0.2) is 0 Å². The van der Waals surface area contributed by atoms with Crippen molar-refractivity contribution in [2.75, 3.05) is 6.61 Å². The Morgan fingerprint density at radius 3 is 2.71 bits per heavy atom. The summed E-state index contributed by atoms with van der Waals surface area (Å²) in [5.74, 6) is 0. The summed E-state index contributed by atoms with van der Waals surface area (Å²) >= 11 is 0. The summed E-state index contributed by atoms with van der Waals surface area (Å²) in [4.78, 5) is 4.14. The van der Waals surface area contributed by atoms with Crippen molar-refractivity contribution >= 4 is 0 Å². The summed E-state index contributed by atoms with van der Waals surface area (Å²) in [6.07, 6.45) is 7.90. The van der Waals surface area contributed by atoms with E-state index in [2.05, 4.69) is 64.1 Å². The van der Waals surface area contributed by atoms with Crippen LogP contribution >= 0.6 is 0 Å². The first-order valence-corrected chi connectivity index (χ1v) is 8.56. The van der Waals surface area contributed by atoms with Gasteiger partial charge >= 0.3 is 0 Å². The lowest BCUT2D eigenvalue weighted by atomic mass is 9.69. The molecule has 0 saturated carbocycles. The average Bonchev–Trinajstić information content (AvgIpc) is 3.16. The van der Waals surface area contributed by atoms with Crippen LogP contribution < -0.4 is 0 Å². The van der Waals surface area contributed by atoms with Crippen molar-refractivity contribution < 1.29 is 4.74 Å². The molecule has 0 aliphatic carbocycles. The molecule has 3 aromatic rings. The SMILES string of the molecule is c1ccc(C2(CCCn3ccnc3)COCc3ccccc32)cc1. The second-order valence-electron chi connectivity index (χ2n) is 6.50. The molecule has 1 aliphatic heterocycles. The minimum atomic E-state index is -0.0588. The Labute approximate surface area is 142 Å². The Balaban J connectivity index is 1.69. The van der Waals surface area contributed by atoms with E-state index in [0.717, 1.165) is 26.0 Å². The molecule has 1 aromatic heterocycles. The summed E-state index contributed by atoms with van der Waals surface area (Å²) in [5.41, 5.74) is 4.03. The van der Waals surface area contributed by atoms with Gasteiger partial charge in [0, 0.05) is 24.4 Å². The summed E-state index contributed by atoms with van der Waals surface area (Å²) in [6, 6.07) is 19.6. The maximum atomic E-state index is 6.03. The summed E-state index contributed by atoms with van der Waals surface area (Å²) < 4.78 is 8.18. The van der Waals surface area contributed by atoms with Crippen LogP contribution in [0.4, 0.5) is 0 Å². The highest BCUT2D eigenvalue weighted by molar-refractivity contribution is 5.45. The minimum Gasteiger partial charge on any atom is -0.375 e. The summed E-state index contributed by atoms with van der Waals surface area (Å²) in [7, 11) is 0. The molecule has 0 bridgehead atoms. The van der Waals surface area contributed by atoms with Gasteiger partial charge in [0.05, 0.1) is 19.5 Å². The van der Waals surface area contributed by atoms with E-state index in [4.69, 9.17) is 4.74 Å². The van der Waals surface area contributed by atoms with Gasteiger partial charge in [0.2, 0.25) is 0 Å². The highest BCUT2D eigenvalue weighted by Gasteiger charge is 2.38. The lowest BCUT2D eigenvalue weighted by Gasteiger charge is -2.40. The first-order chi connectivity index (χ1) is 11.9. The molecule has 122 valence electrons. The number of hydrogen-bond donors (Lipinski definition) is 0. The van der Waals surface area contributed by atoms with Crippen LogP contribution in [0, 0.1) is 0 Å². The van der Waals surface area contributed by atoms with Gasteiger partial charge in [0.25, 0.3) is 0 Å². The van der Waals surface area contributed by atoms with E-state index >= 15 is 0 Å². The quantitative estimate of drug-likeness (QED) is 0.705. The second-order valence-corrected chi connectivity index (χ2v) is 6.50. The van der Waals surface area contributed by atoms with Gasteiger partial charge in [-0.3, -0.25) is 0 Å². The topological polar surface area (TPSA) is 27.1 Å². The lowest BCUT2D eigenvalue weighted by molar-refractivity contribution is 0.0608. The van der Waals surface area contributed by atoms with Crippen molar-refractivity contribution in [1.82, 2.24) is 9.55 Å². The van der Waals surface area contributed by atoms with Crippen LogP contribution in [0.15, 0.2) is 73.3 Å². The van der Waals surface area contributed by atoms with Crippen molar-refractivity contribution in [2.45, 2.75) is 31.4 Å². The molecule has 0 N–H and O–H groups in total. The van der Waals surface area contributed by atoms with Crippen molar-refractivity contribution in [1.29, 1.82) is 0 Å². The van der Waals surface area contributed by atoms with Gasteiger partial charge in [-0.15, -0.1) is 0 Å². The molecular weight excluding hydrogens is 296 g/mol. The third-order valence-electron chi connectivity index (χ3n) is 5.04. The zero-order valence-corrected chi connectivity index (χ0v) is 13.8. The number of benzene rings is 2. The highest BCUT2D eigenvalue weighted by atomic mass is 16.5. The summed E-state index contributed by atoms with van der Waals surface area (Å²) in [6.45, 7) is 2.45. The van der Waals surface area contributed by atoms with Gasteiger partial charge < -0.3 is 9.30 Å². The first kappa shape index (κ1) is 15.2. The zero-order valence-electron chi connectivity index (χ0n) is 13.8. The fourth-order valence-electron chi connectivity index (χ4n) is 3.86. The van der Waals surface area contributed by atoms with Gasteiger partial charge in [-0.1, -0.05) is 54.6 Å². The van der Waals surface area contributed by atoms with Crippen LogP contribution in [0.2, 0.25) is 0 Å². The first-order valence-electron chi connectivity index (χ1n) is 8.56. The van der Waals surface area contributed by atoms with Gasteiger partial charge in [-0.25, -0.2) is 4.98 Å². The monoisotopic (exact) mass is 318 g/mol. The smallest absolute Gasteiger partial charge is 0.0945 e. The van der Waals surface area contributed by atoms with Crippen LogP contribution in [0.3, 0.4) is 0 Å². The van der Waals surface area contributed by atoms with Crippen LogP contribution in [-0.4, -0.2) is 16.2 Å². The molecule has 0 amide bonds. The average molecular weight is 318 g/mol. The number of ether oxygens (including phenoxy) is 1. The highest BCUT2D eigenvalue weighted by Crippen LogP contribution is 2.42. The molecule has 0 radical (unpaired) electrons. The second kappa shape index (κ2) is 6.62. The maximum absolute atomic E-state index is 6.03. The molecule has 2 aromatic carbocycles. The molecule has 1 atom stereocenters. The number of aryl methyl sites for hydroxylation is 1. The largest absolute Gasteiger partial charge is 0.375 e. The fourth-order valence-corrected chi connectivity index (χ4v) is 3.86. The molecule has 3 nitrogen and oxygen atoms in total. The number of rotatable bonds is 5. The minimum absolute atomic E-state index is 0.0588. The van der Waals surface area contributed by atoms with E-state index in [9.17, 15) is 0 Å². The maximum Gasteiger partial charge on any atom is 0.0945 e. The molecule has 0 spiro atoms. The van der Waals surface area contributed by atoms with Crippen LogP contribution in [0.1, 0.15) is 29.5 Å². The van der Waals surface area contributed by atoms with E-state index < -0.39 is 0 Å². The number of imidazole rings is 1. The van der Waals surface area contributed by atoms with Crippen molar-refractivity contribution in [3.63, 3.8) is 0 Å². The standard InChI is InChI=1S/C21H22N2O/c1-2-8-19(9-3-1)21(11-6-13-23-14-12-22-17-23)16-24-15-18-7-4-5-10-20(18)21/h1-5,7-10,12,14,17H,6,11,13,15-16H2. The van der Waals surface area contributed by atoms with Gasteiger partial charge in [0.1, 0.15) is 0 Å². The number of nitrogens with zero attached hydrogens (tertiary/aromatic N) is 2. The Kier molecular flexibility index (Phi) is 4.18. The van der Waals surface area contributed by atoms with Crippen molar-refractivity contribution in [3.05, 3.63) is 90.0 Å². The lowest BCUT2D eigenvalue weighted by Crippen LogP contribution is -2.38. The van der Waals surface area contributed by atoms with Crippen LogP contribution in [-0.2, 0) is 23.3 Å². The van der Waals surface area contributed by atoms with Crippen LogP contribution in [0.5, 0.6) is 0 Å². The third-order valence-corrected chi connectivity index (χ3v) is 5.04. The molecule has 1 aliphatic rings. The summed E-state index contributed by atoms with van der Waals surface area (Å²) in [5, 5.41) is 0. The third kappa shape index (κ3) is 2.76. The van der Waals surface area contributed by atoms with E-state index in [0.29, 0.717) is 6.61 Å². The number of aromatic nitrogens is 2. The van der Waals surface area contributed by atoms with Crippen molar-refractivity contribution in [3.8, 4) is 0 Å². The zero-order chi connectivity index (χ0) is 16.2. The number of hydrogen-bond acceptors (Lipinski definition) is 2. The molecule has 1 unspecified atom stereocenters. The van der Waals surface area contributed by atoms with Crippen LogP contribution in [0.25, 0.3) is 0 Å². The fraction of sp³-hybridized carbons (Fsp3) is 0.286. The predicted molar refractivity (Wildman–Crippen MR) is 94.8 cm³/mol. The Morgan fingerprint density at radius 1 is 1.04 bits per heavy atom. The van der Waals surface area contributed by atoms with E-state index in [1.54, 1.807) is 0 Å². The van der Waals surface area contributed by atoms with E-state index in [-0.39, 0.29) is 5.41 Å². The molecule has 4 rings (SSSR count). The number of fused-ring (bicyclic) bond motifs is 1. The molecular formula is C21H22N2O.